The minimum absolute atomic E-state index is 0.361. The Morgan fingerprint density at radius 3 is 1.83 bits per heavy atom. The molecule has 0 unspecified atom stereocenters. The highest BCUT2D eigenvalue weighted by atomic mass is 16.6. The van der Waals surface area contributed by atoms with Crippen molar-refractivity contribution in [1.82, 2.24) is 4.90 Å². The van der Waals surface area contributed by atoms with Crippen LogP contribution in [0.1, 0.15) is 48.0 Å². The van der Waals surface area contributed by atoms with E-state index >= 15 is 0 Å². The van der Waals surface area contributed by atoms with Crippen LogP contribution in [-0.2, 0) is 14.3 Å². The summed E-state index contributed by atoms with van der Waals surface area (Å²) in [5, 5.41) is 0. The molecule has 0 aromatic rings. The summed E-state index contributed by atoms with van der Waals surface area (Å²) < 4.78 is 10.5. The number of hydrogen-bond donors (Lipinski definition) is 0. The molecule has 1 fully saturated rings. The summed E-state index contributed by atoms with van der Waals surface area (Å²) in [7, 11) is 0. The number of rotatable bonds is 1. The molecule has 1 saturated heterocycles. The molecule has 104 valence electrons. The first kappa shape index (κ1) is 14.8. The van der Waals surface area contributed by atoms with Gasteiger partial charge in [0.15, 0.2) is 0 Å². The van der Waals surface area contributed by atoms with Crippen LogP contribution in [0.2, 0.25) is 0 Å². The molecule has 0 aromatic carbocycles. The van der Waals surface area contributed by atoms with Crippen LogP contribution < -0.4 is 0 Å². The van der Waals surface area contributed by atoms with E-state index in [1.54, 1.807) is 41.5 Å². The Kier molecular flexibility index (Phi) is 3.93. The lowest BCUT2D eigenvalue weighted by Crippen LogP contribution is -2.57. The maximum absolute atomic E-state index is 11.8. The fourth-order valence-electron chi connectivity index (χ4n) is 1.54. The molecule has 0 radical (unpaired) electrons. The van der Waals surface area contributed by atoms with Gasteiger partial charge in [0, 0.05) is 6.54 Å². The molecule has 18 heavy (non-hydrogen) atoms. The lowest BCUT2D eigenvalue weighted by atomic mass is 10.0. The largest absolute Gasteiger partial charge is 0.458 e. The molecular weight excluding hydrogens is 234 g/mol. The lowest BCUT2D eigenvalue weighted by Gasteiger charge is -2.40. The predicted molar refractivity (Wildman–Crippen MR) is 67.2 cm³/mol. The minimum atomic E-state index is -0.550. The van der Waals surface area contributed by atoms with Gasteiger partial charge in [0.2, 0.25) is 0 Å². The summed E-state index contributed by atoms with van der Waals surface area (Å²) in [5.41, 5.74) is -1.09. The monoisotopic (exact) mass is 257 g/mol. The third kappa shape index (κ3) is 4.20. The van der Waals surface area contributed by atoms with E-state index in [0.29, 0.717) is 13.0 Å². The van der Waals surface area contributed by atoms with Gasteiger partial charge in [0.1, 0.15) is 17.2 Å². The van der Waals surface area contributed by atoms with Crippen molar-refractivity contribution in [3.8, 4) is 0 Å². The number of amides is 1. The van der Waals surface area contributed by atoms with Gasteiger partial charge in [0.05, 0.1) is 0 Å². The van der Waals surface area contributed by atoms with Gasteiger partial charge in [0.25, 0.3) is 0 Å². The molecule has 0 aromatic heterocycles. The van der Waals surface area contributed by atoms with Crippen LogP contribution in [0.3, 0.4) is 0 Å². The standard InChI is InChI=1S/C13H23NO4/c1-12(2,3)17-10(15)9-7-8-14(9)11(16)18-13(4,5)6/h9H,7-8H2,1-6H3/t9-/m0/s1. The van der Waals surface area contributed by atoms with Gasteiger partial charge in [-0.2, -0.15) is 0 Å². The zero-order chi connectivity index (χ0) is 14.1. The van der Waals surface area contributed by atoms with E-state index in [1.807, 2.05) is 0 Å². The van der Waals surface area contributed by atoms with Crippen molar-refractivity contribution in [2.24, 2.45) is 0 Å². The van der Waals surface area contributed by atoms with Crippen LogP contribution in [0.25, 0.3) is 0 Å². The van der Waals surface area contributed by atoms with Crippen molar-refractivity contribution < 1.29 is 19.1 Å². The Bertz CT molecular complexity index is 304. The molecule has 1 rings (SSSR count). The summed E-state index contributed by atoms with van der Waals surface area (Å²) in [5.74, 6) is -0.361. The Labute approximate surface area is 108 Å². The second-order valence-corrected chi connectivity index (χ2v) is 6.51. The summed E-state index contributed by atoms with van der Waals surface area (Å²) in [6.07, 6.45) is 0.179. The smallest absolute Gasteiger partial charge is 0.411 e. The molecule has 1 heterocycles. The third-order valence-corrected chi connectivity index (χ3v) is 2.33. The van der Waals surface area contributed by atoms with E-state index in [9.17, 15) is 9.59 Å². The highest BCUT2D eigenvalue weighted by Gasteiger charge is 2.42. The maximum Gasteiger partial charge on any atom is 0.411 e. The quantitative estimate of drug-likeness (QED) is 0.676. The topological polar surface area (TPSA) is 55.8 Å². The second-order valence-electron chi connectivity index (χ2n) is 6.51. The number of carbonyl (C=O) groups excluding carboxylic acids is 2. The summed E-state index contributed by atoms with van der Waals surface area (Å²) in [6, 6.07) is -0.501. The van der Waals surface area contributed by atoms with Crippen molar-refractivity contribution >= 4 is 12.1 Å². The van der Waals surface area contributed by atoms with Crippen LogP contribution >= 0.6 is 0 Å². The summed E-state index contributed by atoms with van der Waals surface area (Å²) in [6.45, 7) is 11.4. The molecule has 1 amide bonds. The van der Waals surface area contributed by atoms with Crippen LogP contribution in [0.15, 0.2) is 0 Å². The minimum Gasteiger partial charge on any atom is -0.458 e. The van der Waals surface area contributed by atoms with Gasteiger partial charge in [-0.1, -0.05) is 0 Å². The van der Waals surface area contributed by atoms with E-state index in [0.717, 1.165) is 0 Å². The number of esters is 1. The van der Waals surface area contributed by atoms with Gasteiger partial charge in [-0.15, -0.1) is 0 Å². The molecule has 1 aliphatic heterocycles. The molecule has 5 heteroatoms. The number of nitrogens with zero attached hydrogens (tertiary/aromatic N) is 1. The summed E-state index contributed by atoms with van der Waals surface area (Å²) in [4.78, 5) is 25.1. The predicted octanol–water partition coefficient (Wildman–Crippen LogP) is 2.34. The third-order valence-electron chi connectivity index (χ3n) is 2.33. The fraction of sp³-hybridized carbons (Fsp3) is 0.846. The van der Waals surface area contributed by atoms with Crippen LogP contribution in [0.4, 0.5) is 4.79 Å². The molecule has 0 saturated carbocycles. The number of likely N-dealkylation sites (tertiary alicyclic amines) is 1. The van der Waals surface area contributed by atoms with E-state index in [4.69, 9.17) is 9.47 Å². The zero-order valence-electron chi connectivity index (χ0n) is 12.1. The van der Waals surface area contributed by atoms with E-state index in [-0.39, 0.29) is 5.97 Å². The van der Waals surface area contributed by atoms with Crippen molar-refractivity contribution in [3.05, 3.63) is 0 Å². The fourth-order valence-corrected chi connectivity index (χ4v) is 1.54. The van der Waals surface area contributed by atoms with E-state index < -0.39 is 23.3 Å². The molecule has 0 bridgehead atoms. The Hall–Kier alpha value is -1.26. The maximum atomic E-state index is 11.8. The Morgan fingerprint density at radius 1 is 1.00 bits per heavy atom. The average Bonchev–Trinajstić information content (AvgIpc) is 1.91. The highest BCUT2D eigenvalue weighted by molar-refractivity contribution is 5.83. The Balaban J connectivity index is 2.56. The van der Waals surface area contributed by atoms with Gasteiger partial charge in [-0.3, -0.25) is 4.90 Å². The average molecular weight is 257 g/mol. The normalized spacial score (nSPS) is 20.1. The number of carbonyl (C=O) groups is 2. The van der Waals surface area contributed by atoms with E-state index in [1.165, 1.54) is 4.90 Å². The number of hydrogen-bond acceptors (Lipinski definition) is 4. The molecule has 1 aliphatic rings. The molecule has 0 aliphatic carbocycles. The Morgan fingerprint density at radius 2 is 1.50 bits per heavy atom. The molecule has 0 N–H and O–H groups in total. The van der Waals surface area contributed by atoms with Crippen molar-refractivity contribution in [3.63, 3.8) is 0 Å². The van der Waals surface area contributed by atoms with Gasteiger partial charge in [-0.25, -0.2) is 9.59 Å². The van der Waals surface area contributed by atoms with Gasteiger partial charge >= 0.3 is 12.1 Å². The first-order valence-corrected chi connectivity index (χ1v) is 6.22. The van der Waals surface area contributed by atoms with Crippen molar-refractivity contribution in [2.75, 3.05) is 6.54 Å². The number of ether oxygens (including phenoxy) is 2. The SMILES string of the molecule is CC(C)(C)OC(=O)[C@@H]1CCN1C(=O)OC(C)(C)C. The van der Waals surface area contributed by atoms with Crippen molar-refractivity contribution in [1.29, 1.82) is 0 Å². The van der Waals surface area contributed by atoms with Crippen LogP contribution in [0.5, 0.6) is 0 Å². The lowest BCUT2D eigenvalue weighted by molar-refractivity contribution is -0.165. The molecule has 5 nitrogen and oxygen atoms in total. The first-order chi connectivity index (χ1) is 7.99. The van der Waals surface area contributed by atoms with Crippen LogP contribution in [0, 0.1) is 0 Å². The summed E-state index contributed by atoms with van der Waals surface area (Å²) >= 11 is 0. The molecular formula is C13H23NO4. The van der Waals surface area contributed by atoms with Crippen LogP contribution in [-0.4, -0.2) is 40.8 Å². The second kappa shape index (κ2) is 4.78. The van der Waals surface area contributed by atoms with Gasteiger partial charge in [-0.05, 0) is 48.0 Å². The zero-order valence-corrected chi connectivity index (χ0v) is 12.1. The highest BCUT2D eigenvalue weighted by Crippen LogP contribution is 2.24. The molecule has 0 spiro atoms. The first-order valence-electron chi connectivity index (χ1n) is 6.22. The van der Waals surface area contributed by atoms with E-state index in [2.05, 4.69) is 0 Å². The van der Waals surface area contributed by atoms with Crippen molar-refractivity contribution in [2.45, 2.75) is 65.2 Å². The molecule has 1 atom stereocenters. The van der Waals surface area contributed by atoms with Gasteiger partial charge < -0.3 is 9.47 Å².